The number of fused-ring (bicyclic) bond motifs is 1. The van der Waals surface area contributed by atoms with Gasteiger partial charge in [0.15, 0.2) is 0 Å². The zero-order chi connectivity index (χ0) is 20.5. The zero-order valence-corrected chi connectivity index (χ0v) is 16.0. The summed E-state index contributed by atoms with van der Waals surface area (Å²) in [4.78, 5) is 11.8. The number of hydrogen-bond donors (Lipinski definition) is 2. The second kappa shape index (κ2) is 7.34. The first-order valence-corrected chi connectivity index (χ1v) is 9.02. The minimum atomic E-state index is -0.541. The first-order valence-electron chi connectivity index (χ1n) is 8.64. The third kappa shape index (κ3) is 3.10. The normalized spacial score (nSPS) is 15.3. The predicted molar refractivity (Wildman–Crippen MR) is 106 cm³/mol. The van der Waals surface area contributed by atoms with Crippen molar-refractivity contribution in [3.63, 3.8) is 0 Å². The molecule has 144 valence electrons. The topological polar surface area (TPSA) is 114 Å². The van der Waals surface area contributed by atoms with Crippen LogP contribution in [0.2, 0.25) is 5.02 Å². The summed E-state index contributed by atoms with van der Waals surface area (Å²) in [5.41, 5.74) is 9.39. The fourth-order valence-electron chi connectivity index (χ4n) is 3.38. The lowest BCUT2D eigenvalue weighted by Gasteiger charge is -2.24. The number of carbonyl (C=O) groups excluding carboxylic acids is 1. The van der Waals surface area contributed by atoms with E-state index in [0.29, 0.717) is 21.8 Å². The highest BCUT2D eigenvalue weighted by molar-refractivity contribution is 6.33. The monoisotopic (exact) mass is 406 g/mol. The highest BCUT2D eigenvalue weighted by Gasteiger charge is 2.36. The Labute approximate surface area is 171 Å². The van der Waals surface area contributed by atoms with Crippen molar-refractivity contribution >= 4 is 17.6 Å². The van der Waals surface area contributed by atoms with Crippen LogP contribution in [-0.2, 0) is 4.74 Å². The van der Waals surface area contributed by atoms with Crippen LogP contribution in [0.1, 0.15) is 27.4 Å². The number of aromatic nitrogens is 2. The van der Waals surface area contributed by atoms with Gasteiger partial charge in [0.2, 0.25) is 11.8 Å². The van der Waals surface area contributed by atoms with Crippen molar-refractivity contribution < 1.29 is 14.3 Å². The molecule has 0 spiro atoms. The van der Waals surface area contributed by atoms with E-state index < -0.39 is 11.9 Å². The van der Waals surface area contributed by atoms with Crippen molar-refractivity contribution in [1.82, 2.24) is 10.2 Å². The lowest BCUT2D eigenvalue weighted by Crippen LogP contribution is -2.21. The molecular weight excluding hydrogens is 392 g/mol. The van der Waals surface area contributed by atoms with Crippen LogP contribution in [-0.4, -0.2) is 23.3 Å². The average molecular weight is 407 g/mol. The summed E-state index contributed by atoms with van der Waals surface area (Å²) in [6.45, 7) is 0. The molecule has 0 fully saturated rings. The molecule has 0 saturated carbocycles. The molecule has 0 aliphatic carbocycles. The van der Waals surface area contributed by atoms with E-state index in [1.807, 2.05) is 18.2 Å². The molecule has 29 heavy (non-hydrogen) atoms. The van der Waals surface area contributed by atoms with Gasteiger partial charge in [-0.2, -0.15) is 5.26 Å². The molecule has 0 amide bonds. The largest absolute Gasteiger partial charge is 0.465 e. The Bertz CT molecular complexity index is 1180. The third-order valence-electron chi connectivity index (χ3n) is 4.75. The fraction of sp³-hybridized carbons (Fsp3) is 0.0952. The molecule has 2 heterocycles. The summed E-state index contributed by atoms with van der Waals surface area (Å²) in [7, 11) is 1.32. The molecule has 3 N–H and O–H groups in total. The number of nitriles is 1. The van der Waals surface area contributed by atoms with Crippen LogP contribution in [0, 0.1) is 11.3 Å². The maximum atomic E-state index is 11.8. The molecule has 4 rings (SSSR count). The molecule has 0 bridgehead atoms. The number of benzene rings is 2. The van der Waals surface area contributed by atoms with Gasteiger partial charge in [-0.3, -0.25) is 5.10 Å². The Hall–Kier alpha value is -3.76. The Kier molecular flexibility index (Phi) is 4.71. The second-order valence-corrected chi connectivity index (χ2v) is 6.74. The summed E-state index contributed by atoms with van der Waals surface area (Å²) < 4.78 is 10.3. The van der Waals surface area contributed by atoms with Crippen LogP contribution < -0.4 is 10.5 Å². The van der Waals surface area contributed by atoms with Crippen LogP contribution in [0.5, 0.6) is 5.88 Å². The molecule has 3 aromatic rings. The molecule has 1 atom stereocenters. The van der Waals surface area contributed by atoms with E-state index in [4.69, 9.17) is 26.8 Å². The molecule has 1 aliphatic rings. The smallest absolute Gasteiger partial charge is 0.337 e. The lowest BCUT2D eigenvalue weighted by atomic mass is 9.83. The van der Waals surface area contributed by atoms with Crippen molar-refractivity contribution in [1.29, 1.82) is 5.26 Å². The SMILES string of the molecule is COC(=O)c1ccc([C@H]2C(C#N)=C(N)Oc3n[nH]c(-c4ccccc4Cl)c32)cc1. The summed E-state index contributed by atoms with van der Waals surface area (Å²) in [5.74, 6) is -0.724. The summed E-state index contributed by atoms with van der Waals surface area (Å²) >= 11 is 6.38. The van der Waals surface area contributed by atoms with Crippen LogP contribution in [0.15, 0.2) is 60.0 Å². The van der Waals surface area contributed by atoms with E-state index in [-0.39, 0.29) is 17.3 Å². The van der Waals surface area contributed by atoms with E-state index in [1.54, 1.807) is 30.3 Å². The van der Waals surface area contributed by atoms with Crippen LogP contribution in [0.3, 0.4) is 0 Å². The Morgan fingerprint density at radius 1 is 1.28 bits per heavy atom. The zero-order valence-electron chi connectivity index (χ0n) is 15.3. The highest BCUT2D eigenvalue weighted by atomic mass is 35.5. The number of allylic oxidation sites excluding steroid dienone is 1. The van der Waals surface area contributed by atoms with Gasteiger partial charge in [-0.25, -0.2) is 4.79 Å². The van der Waals surface area contributed by atoms with Gasteiger partial charge in [0, 0.05) is 10.6 Å². The van der Waals surface area contributed by atoms with E-state index in [1.165, 1.54) is 7.11 Å². The van der Waals surface area contributed by atoms with E-state index in [9.17, 15) is 10.1 Å². The number of carbonyl (C=O) groups is 1. The molecule has 0 saturated heterocycles. The molecule has 0 unspecified atom stereocenters. The quantitative estimate of drug-likeness (QED) is 0.640. The number of nitrogens with one attached hydrogen (secondary N) is 1. The lowest BCUT2D eigenvalue weighted by molar-refractivity contribution is 0.0600. The van der Waals surface area contributed by atoms with E-state index >= 15 is 0 Å². The molecule has 2 aromatic carbocycles. The first-order chi connectivity index (χ1) is 14.0. The molecule has 7 nitrogen and oxygen atoms in total. The number of halogens is 1. The standard InChI is InChI=1S/C21H15ClN4O3/c1-28-21(27)12-8-6-11(7-9-12)16-14(10-23)19(24)29-20-17(16)18(25-26-20)13-4-2-3-5-15(13)22/h2-9,16H,24H2,1H3,(H,25,26)/t16-/m0/s1. The molecule has 0 radical (unpaired) electrons. The van der Waals surface area contributed by atoms with Crippen molar-refractivity contribution in [2.75, 3.05) is 7.11 Å². The minimum Gasteiger partial charge on any atom is -0.465 e. The maximum absolute atomic E-state index is 11.8. The van der Waals surface area contributed by atoms with Crippen LogP contribution in [0.4, 0.5) is 0 Å². The second-order valence-electron chi connectivity index (χ2n) is 6.34. The molecule has 1 aliphatic heterocycles. The summed E-state index contributed by atoms with van der Waals surface area (Å²) in [6.07, 6.45) is 0. The maximum Gasteiger partial charge on any atom is 0.337 e. The van der Waals surface area contributed by atoms with E-state index in [0.717, 1.165) is 11.1 Å². The number of methoxy groups -OCH3 is 1. The number of rotatable bonds is 3. The molecule has 8 heteroatoms. The number of ether oxygens (including phenoxy) is 2. The number of esters is 1. The highest BCUT2D eigenvalue weighted by Crippen LogP contribution is 2.46. The van der Waals surface area contributed by atoms with Gasteiger partial charge >= 0.3 is 5.97 Å². The fourth-order valence-corrected chi connectivity index (χ4v) is 3.61. The summed E-state index contributed by atoms with van der Waals surface area (Å²) in [6, 6.07) is 16.2. The van der Waals surface area contributed by atoms with Gasteiger partial charge < -0.3 is 15.2 Å². The summed E-state index contributed by atoms with van der Waals surface area (Å²) in [5, 5.41) is 17.5. The molecule has 1 aromatic heterocycles. The number of aromatic amines is 1. The number of hydrogen-bond acceptors (Lipinski definition) is 6. The first kappa shape index (κ1) is 18.6. The van der Waals surface area contributed by atoms with Gasteiger partial charge in [-0.15, -0.1) is 5.10 Å². The Morgan fingerprint density at radius 3 is 2.66 bits per heavy atom. The van der Waals surface area contributed by atoms with Crippen molar-refractivity contribution in [3.05, 3.63) is 81.7 Å². The van der Waals surface area contributed by atoms with E-state index in [2.05, 4.69) is 16.3 Å². The minimum absolute atomic E-state index is 0.0146. The van der Waals surface area contributed by atoms with Crippen molar-refractivity contribution in [2.24, 2.45) is 5.73 Å². The van der Waals surface area contributed by atoms with Gasteiger partial charge in [-0.05, 0) is 23.8 Å². The average Bonchev–Trinajstić information content (AvgIpc) is 3.15. The molecular formula is C21H15ClN4O3. The number of nitrogens with zero attached hydrogens (tertiary/aromatic N) is 2. The third-order valence-corrected chi connectivity index (χ3v) is 5.08. The predicted octanol–water partition coefficient (Wildman–Crippen LogP) is 3.73. The van der Waals surface area contributed by atoms with Gasteiger partial charge in [0.25, 0.3) is 0 Å². The van der Waals surface area contributed by atoms with Gasteiger partial charge in [0.05, 0.1) is 29.8 Å². The van der Waals surface area contributed by atoms with Crippen LogP contribution >= 0.6 is 11.6 Å². The Morgan fingerprint density at radius 2 is 2.00 bits per heavy atom. The Balaban J connectivity index is 1.90. The number of H-pyrrole nitrogens is 1. The van der Waals surface area contributed by atoms with Crippen molar-refractivity contribution in [2.45, 2.75) is 5.92 Å². The van der Waals surface area contributed by atoms with Gasteiger partial charge in [0.1, 0.15) is 11.6 Å². The van der Waals surface area contributed by atoms with Crippen LogP contribution in [0.25, 0.3) is 11.3 Å². The van der Waals surface area contributed by atoms with Gasteiger partial charge in [-0.1, -0.05) is 41.9 Å². The van der Waals surface area contributed by atoms with Crippen molar-refractivity contribution in [3.8, 4) is 23.2 Å². The number of nitrogens with two attached hydrogens (primary N) is 1.